The molecule has 1 aliphatic carbocycles. The van der Waals surface area contributed by atoms with Gasteiger partial charge in [-0.3, -0.25) is 0 Å². The van der Waals surface area contributed by atoms with Crippen molar-refractivity contribution >= 4 is 0 Å². The Morgan fingerprint density at radius 1 is 1.37 bits per heavy atom. The van der Waals surface area contributed by atoms with E-state index in [4.69, 9.17) is 5.26 Å². The third-order valence-electron chi connectivity index (χ3n) is 4.64. The molecular formula is C16H25N3. The molecule has 19 heavy (non-hydrogen) atoms. The van der Waals surface area contributed by atoms with E-state index in [-0.39, 0.29) is 0 Å². The zero-order valence-corrected chi connectivity index (χ0v) is 12.4. The lowest BCUT2D eigenvalue weighted by Crippen LogP contribution is -2.25. The van der Waals surface area contributed by atoms with E-state index >= 15 is 0 Å². The predicted molar refractivity (Wildman–Crippen MR) is 77.7 cm³/mol. The quantitative estimate of drug-likeness (QED) is 0.902. The molecule has 1 N–H and O–H groups in total. The van der Waals surface area contributed by atoms with E-state index in [1.165, 1.54) is 36.9 Å². The van der Waals surface area contributed by atoms with Crippen molar-refractivity contribution in [1.82, 2.24) is 9.88 Å². The van der Waals surface area contributed by atoms with Crippen LogP contribution in [0.2, 0.25) is 0 Å². The molecule has 0 spiro atoms. The summed E-state index contributed by atoms with van der Waals surface area (Å²) >= 11 is 0. The number of aromatic nitrogens is 1. The topological polar surface area (TPSA) is 40.8 Å². The first-order chi connectivity index (χ1) is 9.11. The van der Waals surface area contributed by atoms with Crippen LogP contribution in [0.15, 0.2) is 6.07 Å². The van der Waals surface area contributed by atoms with E-state index in [9.17, 15) is 0 Å². The molecule has 0 radical (unpaired) electrons. The minimum atomic E-state index is 0.751. The Balaban J connectivity index is 1.81. The second-order valence-electron chi connectivity index (χ2n) is 6.07. The van der Waals surface area contributed by atoms with Gasteiger partial charge in [0.2, 0.25) is 0 Å². The Bertz CT molecular complexity index is 459. The van der Waals surface area contributed by atoms with Gasteiger partial charge >= 0.3 is 0 Å². The van der Waals surface area contributed by atoms with E-state index in [2.05, 4.69) is 25.2 Å². The first-order valence-electron chi connectivity index (χ1n) is 7.37. The highest BCUT2D eigenvalue weighted by atomic mass is 15.0. The van der Waals surface area contributed by atoms with Crippen LogP contribution in [-0.4, -0.2) is 11.1 Å². The largest absolute Gasteiger partial charge is 0.340 e. The summed E-state index contributed by atoms with van der Waals surface area (Å²) in [5, 5.41) is 12.6. The van der Waals surface area contributed by atoms with Gasteiger partial charge in [-0.2, -0.15) is 5.26 Å². The van der Waals surface area contributed by atoms with Crippen molar-refractivity contribution in [2.75, 3.05) is 6.54 Å². The van der Waals surface area contributed by atoms with Gasteiger partial charge in [-0.25, -0.2) is 0 Å². The summed E-state index contributed by atoms with van der Waals surface area (Å²) in [6.45, 7) is 6.44. The van der Waals surface area contributed by atoms with Crippen molar-refractivity contribution in [2.45, 2.75) is 46.1 Å². The van der Waals surface area contributed by atoms with Crippen LogP contribution in [0.1, 0.15) is 49.6 Å². The van der Waals surface area contributed by atoms with Crippen LogP contribution in [0.3, 0.4) is 0 Å². The van der Waals surface area contributed by atoms with Crippen LogP contribution in [0, 0.1) is 30.1 Å². The second-order valence-corrected chi connectivity index (χ2v) is 6.07. The van der Waals surface area contributed by atoms with E-state index in [0.29, 0.717) is 0 Å². The molecule has 104 valence electrons. The summed E-state index contributed by atoms with van der Waals surface area (Å²) in [5.41, 5.74) is 3.20. The Kier molecular flexibility index (Phi) is 4.66. The van der Waals surface area contributed by atoms with Crippen LogP contribution in [-0.2, 0) is 13.6 Å². The van der Waals surface area contributed by atoms with Gasteiger partial charge in [-0.05, 0) is 49.8 Å². The molecule has 3 nitrogen and oxygen atoms in total. The summed E-state index contributed by atoms with van der Waals surface area (Å²) in [6, 6.07) is 4.24. The fraction of sp³-hybridized carbons (Fsp3) is 0.688. The molecular weight excluding hydrogens is 234 g/mol. The average molecular weight is 259 g/mol. The van der Waals surface area contributed by atoms with Crippen molar-refractivity contribution < 1.29 is 0 Å². The lowest BCUT2D eigenvalue weighted by molar-refractivity contribution is 0.281. The fourth-order valence-electron chi connectivity index (χ4n) is 2.99. The molecule has 0 atom stereocenters. The number of hydrogen-bond donors (Lipinski definition) is 1. The lowest BCUT2D eigenvalue weighted by Gasteiger charge is -2.26. The van der Waals surface area contributed by atoms with Crippen LogP contribution < -0.4 is 5.32 Å². The van der Waals surface area contributed by atoms with Crippen molar-refractivity contribution in [3.63, 3.8) is 0 Å². The Morgan fingerprint density at radius 3 is 2.63 bits per heavy atom. The zero-order valence-electron chi connectivity index (χ0n) is 12.4. The molecule has 1 saturated carbocycles. The monoisotopic (exact) mass is 259 g/mol. The van der Waals surface area contributed by atoms with Gasteiger partial charge in [0.1, 0.15) is 11.8 Å². The molecule has 0 amide bonds. The summed E-state index contributed by atoms with van der Waals surface area (Å²) in [6.07, 6.45) is 5.50. The van der Waals surface area contributed by atoms with Crippen molar-refractivity contribution in [1.29, 1.82) is 5.26 Å². The fourth-order valence-corrected chi connectivity index (χ4v) is 2.99. The standard InChI is InChI=1S/C16H25N3/c1-12-4-6-14(7-5-12)10-18-11-15-8-16(9-17)19(3)13(15)2/h8,12,14,18H,4-7,10-11H2,1-3H3. The minimum Gasteiger partial charge on any atom is -0.340 e. The predicted octanol–water partition coefficient (Wildman–Crippen LogP) is 3.12. The molecule has 1 fully saturated rings. The molecule has 1 heterocycles. The third kappa shape index (κ3) is 3.39. The molecule has 0 bridgehead atoms. The van der Waals surface area contributed by atoms with Gasteiger partial charge in [0, 0.05) is 19.3 Å². The van der Waals surface area contributed by atoms with E-state index in [1.54, 1.807) is 0 Å². The maximum atomic E-state index is 9.02. The molecule has 0 aromatic carbocycles. The molecule has 1 aromatic rings. The average Bonchev–Trinajstić information content (AvgIpc) is 2.69. The number of hydrogen-bond acceptors (Lipinski definition) is 2. The van der Waals surface area contributed by atoms with Crippen LogP contribution in [0.4, 0.5) is 0 Å². The maximum absolute atomic E-state index is 9.02. The summed E-state index contributed by atoms with van der Waals surface area (Å²) in [5.74, 6) is 1.77. The highest BCUT2D eigenvalue weighted by molar-refractivity contribution is 5.33. The minimum absolute atomic E-state index is 0.751. The van der Waals surface area contributed by atoms with Crippen LogP contribution >= 0.6 is 0 Å². The summed E-state index contributed by atoms with van der Waals surface area (Å²) in [7, 11) is 1.96. The molecule has 1 aliphatic rings. The molecule has 3 heteroatoms. The van der Waals surface area contributed by atoms with Crippen molar-refractivity contribution in [3.8, 4) is 6.07 Å². The zero-order chi connectivity index (χ0) is 13.8. The maximum Gasteiger partial charge on any atom is 0.120 e. The van der Waals surface area contributed by atoms with Crippen LogP contribution in [0.25, 0.3) is 0 Å². The molecule has 2 rings (SSSR count). The SMILES string of the molecule is Cc1c(CNCC2CCC(C)CC2)cc(C#N)n1C. The molecule has 0 aliphatic heterocycles. The third-order valence-corrected chi connectivity index (χ3v) is 4.64. The van der Waals surface area contributed by atoms with Gasteiger partial charge in [0.25, 0.3) is 0 Å². The highest BCUT2D eigenvalue weighted by Crippen LogP contribution is 2.27. The lowest BCUT2D eigenvalue weighted by atomic mass is 9.83. The van der Waals surface area contributed by atoms with Crippen LogP contribution in [0.5, 0.6) is 0 Å². The highest BCUT2D eigenvalue weighted by Gasteiger charge is 2.17. The smallest absolute Gasteiger partial charge is 0.120 e. The van der Waals surface area contributed by atoms with E-state index in [1.807, 2.05) is 17.7 Å². The first-order valence-corrected chi connectivity index (χ1v) is 7.37. The van der Waals surface area contributed by atoms with E-state index in [0.717, 1.165) is 30.6 Å². The Hall–Kier alpha value is -1.27. The van der Waals surface area contributed by atoms with Gasteiger partial charge < -0.3 is 9.88 Å². The Morgan fingerprint density at radius 2 is 2.05 bits per heavy atom. The van der Waals surface area contributed by atoms with Gasteiger partial charge in [-0.15, -0.1) is 0 Å². The normalized spacial score (nSPS) is 23.3. The van der Waals surface area contributed by atoms with Gasteiger partial charge in [0.05, 0.1) is 0 Å². The van der Waals surface area contributed by atoms with Crippen molar-refractivity contribution in [2.24, 2.45) is 18.9 Å². The second kappa shape index (κ2) is 6.25. The number of nitrogens with one attached hydrogen (secondary N) is 1. The van der Waals surface area contributed by atoms with Crippen molar-refractivity contribution in [3.05, 3.63) is 23.0 Å². The summed E-state index contributed by atoms with van der Waals surface area (Å²) < 4.78 is 1.97. The first kappa shape index (κ1) is 14.1. The molecule has 0 unspecified atom stereocenters. The number of nitriles is 1. The number of rotatable bonds is 4. The molecule has 1 aromatic heterocycles. The summed E-state index contributed by atoms with van der Waals surface area (Å²) in [4.78, 5) is 0. The van der Waals surface area contributed by atoms with Gasteiger partial charge in [-0.1, -0.05) is 19.8 Å². The molecule has 0 saturated heterocycles. The Labute approximate surface area is 116 Å². The number of nitrogens with zero attached hydrogens (tertiary/aromatic N) is 2. The van der Waals surface area contributed by atoms with E-state index < -0.39 is 0 Å². The van der Waals surface area contributed by atoms with Gasteiger partial charge in [0.15, 0.2) is 0 Å².